The number of hydrogen-bond acceptors (Lipinski definition) is 4. The Morgan fingerprint density at radius 1 is 0.920 bits per heavy atom. The monoisotopic (exact) mass is 340 g/mol. The van der Waals surface area contributed by atoms with E-state index in [4.69, 9.17) is 13.6 Å². The Kier molecular flexibility index (Phi) is 5.77. The fourth-order valence-corrected chi connectivity index (χ4v) is 2.43. The van der Waals surface area contributed by atoms with Crippen molar-refractivity contribution in [1.29, 1.82) is 0 Å². The number of benzene rings is 1. The van der Waals surface area contributed by atoms with Gasteiger partial charge in [0.05, 0.1) is 25.0 Å². The number of hydrogen-bond donors (Lipinski definition) is 2. The highest BCUT2D eigenvalue weighted by atomic mass is 16.5. The highest BCUT2D eigenvalue weighted by molar-refractivity contribution is 5.73. The maximum atomic E-state index is 12.0. The zero-order valence-corrected chi connectivity index (χ0v) is 13.7. The Morgan fingerprint density at radius 3 is 2.20 bits per heavy atom. The molecule has 0 aliphatic carbocycles. The molecular weight excluding hydrogens is 320 g/mol. The summed E-state index contributed by atoms with van der Waals surface area (Å²) >= 11 is 0. The molecule has 0 saturated heterocycles. The van der Waals surface area contributed by atoms with E-state index in [-0.39, 0.29) is 11.9 Å². The molecule has 2 N–H and O–H groups in total. The standard InChI is InChI=1S/C19H20N2O4/c22-19(20-10-13-23-15-6-2-1-3-7-15)21-14-16(17-8-4-11-24-17)18-9-5-12-25-18/h1-9,11-12,16H,10,13-14H2,(H2,20,21,22). The second-order valence-electron chi connectivity index (χ2n) is 5.38. The van der Waals surface area contributed by atoms with Gasteiger partial charge in [0.25, 0.3) is 0 Å². The quantitative estimate of drug-likeness (QED) is 0.616. The average molecular weight is 340 g/mol. The molecule has 6 heteroatoms. The number of carbonyl (C=O) groups excluding carboxylic acids is 1. The summed E-state index contributed by atoms with van der Waals surface area (Å²) < 4.78 is 16.4. The summed E-state index contributed by atoms with van der Waals surface area (Å²) in [6, 6.07) is 16.6. The minimum atomic E-state index is -0.264. The van der Waals surface area contributed by atoms with Gasteiger partial charge < -0.3 is 24.2 Å². The first-order valence-electron chi connectivity index (χ1n) is 8.09. The molecule has 0 unspecified atom stereocenters. The van der Waals surface area contributed by atoms with Crippen molar-refractivity contribution in [2.45, 2.75) is 5.92 Å². The van der Waals surface area contributed by atoms with Gasteiger partial charge in [-0.15, -0.1) is 0 Å². The number of nitrogens with one attached hydrogen (secondary N) is 2. The third kappa shape index (κ3) is 4.91. The summed E-state index contributed by atoms with van der Waals surface area (Å²) in [6.07, 6.45) is 3.21. The van der Waals surface area contributed by atoms with Crippen LogP contribution in [0, 0.1) is 0 Å². The van der Waals surface area contributed by atoms with Crippen molar-refractivity contribution in [3.8, 4) is 5.75 Å². The Balaban J connectivity index is 1.43. The molecule has 0 aliphatic rings. The molecule has 0 atom stereocenters. The van der Waals surface area contributed by atoms with Crippen LogP contribution in [0.5, 0.6) is 5.75 Å². The van der Waals surface area contributed by atoms with E-state index in [2.05, 4.69) is 10.6 Å². The molecule has 25 heavy (non-hydrogen) atoms. The zero-order valence-electron chi connectivity index (χ0n) is 13.7. The average Bonchev–Trinajstić information content (AvgIpc) is 3.34. The molecule has 3 aromatic rings. The number of ether oxygens (including phenoxy) is 1. The third-order valence-electron chi connectivity index (χ3n) is 3.64. The summed E-state index contributed by atoms with van der Waals surface area (Å²) in [5, 5.41) is 5.59. The number of rotatable bonds is 8. The van der Waals surface area contributed by atoms with Crippen molar-refractivity contribution in [3.05, 3.63) is 78.6 Å². The Labute approximate surface area is 145 Å². The van der Waals surface area contributed by atoms with Crippen LogP contribution in [0.25, 0.3) is 0 Å². The predicted molar refractivity (Wildman–Crippen MR) is 92.6 cm³/mol. The minimum absolute atomic E-state index is 0.170. The van der Waals surface area contributed by atoms with Gasteiger partial charge in [-0.25, -0.2) is 4.79 Å². The van der Waals surface area contributed by atoms with Crippen LogP contribution in [0.3, 0.4) is 0 Å². The molecule has 2 amide bonds. The number of urea groups is 1. The second kappa shape index (κ2) is 8.63. The van der Waals surface area contributed by atoms with E-state index in [1.165, 1.54) is 0 Å². The lowest BCUT2D eigenvalue weighted by molar-refractivity contribution is 0.235. The van der Waals surface area contributed by atoms with Crippen molar-refractivity contribution < 1.29 is 18.4 Å². The lowest BCUT2D eigenvalue weighted by Crippen LogP contribution is -2.39. The molecule has 130 valence electrons. The fraction of sp³-hybridized carbons (Fsp3) is 0.211. The molecule has 0 bridgehead atoms. The lowest BCUT2D eigenvalue weighted by atomic mass is 10.0. The Hall–Kier alpha value is -3.15. The van der Waals surface area contributed by atoms with Gasteiger partial charge in [0.2, 0.25) is 0 Å². The number of carbonyl (C=O) groups is 1. The van der Waals surface area contributed by atoms with Crippen LogP contribution < -0.4 is 15.4 Å². The van der Waals surface area contributed by atoms with Crippen LogP contribution in [-0.4, -0.2) is 25.7 Å². The zero-order chi connectivity index (χ0) is 17.3. The van der Waals surface area contributed by atoms with Gasteiger partial charge in [0.1, 0.15) is 23.9 Å². The summed E-state index contributed by atoms with van der Waals surface area (Å²) in [6.45, 7) is 1.18. The van der Waals surface area contributed by atoms with E-state index in [1.807, 2.05) is 54.6 Å². The number of amides is 2. The molecule has 0 fully saturated rings. The first-order chi connectivity index (χ1) is 12.3. The van der Waals surface area contributed by atoms with E-state index in [9.17, 15) is 4.79 Å². The minimum Gasteiger partial charge on any atom is -0.492 e. The molecular formula is C19H20N2O4. The van der Waals surface area contributed by atoms with Gasteiger partial charge in [-0.05, 0) is 36.4 Å². The van der Waals surface area contributed by atoms with Crippen LogP contribution >= 0.6 is 0 Å². The predicted octanol–water partition coefficient (Wildman–Crippen LogP) is 3.38. The highest BCUT2D eigenvalue weighted by Crippen LogP contribution is 2.24. The van der Waals surface area contributed by atoms with Crippen LogP contribution in [-0.2, 0) is 0 Å². The van der Waals surface area contributed by atoms with Crippen molar-refractivity contribution in [3.63, 3.8) is 0 Å². The summed E-state index contributed by atoms with van der Waals surface area (Å²) in [5.74, 6) is 2.09. The van der Waals surface area contributed by atoms with Crippen LogP contribution in [0.2, 0.25) is 0 Å². The van der Waals surface area contributed by atoms with Gasteiger partial charge in [-0.1, -0.05) is 18.2 Å². The number of para-hydroxylation sites is 1. The molecule has 0 aliphatic heterocycles. The summed E-state index contributed by atoms with van der Waals surface area (Å²) in [7, 11) is 0. The molecule has 6 nitrogen and oxygen atoms in total. The molecule has 3 rings (SSSR count). The SMILES string of the molecule is O=C(NCCOc1ccccc1)NCC(c1ccco1)c1ccco1. The van der Waals surface area contributed by atoms with E-state index < -0.39 is 0 Å². The molecule has 1 aromatic carbocycles. The normalized spacial score (nSPS) is 10.6. The molecule has 0 saturated carbocycles. The van der Waals surface area contributed by atoms with Gasteiger partial charge >= 0.3 is 6.03 Å². The first-order valence-corrected chi connectivity index (χ1v) is 8.09. The van der Waals surface area contributed by atoms with Gasteiger partial charge in [0.15, 0.2) is 0 Å². The van der Waals surface area contributed by atoms with Crippen molar-refractivity contribution in [2.24, 2.45) is 0 Å². The van der Waals surface area contributed by atoms with Gasteiger partial charge in [-0.2, -0.15) is 0 Å². The third-order valence-corrected chi connectivity index (χ3v) is 3.64. The van der Waals surface area contributed by atoms with Crippen LogP contribution in [0.4, 0.5) is 4.79 Å². The van der Waals surface area contributed by atoms with E-state index in [1.54, 1.807) is 12.5 Å². The van der Waals surface area contributed by atoms with E-state index in [0.717, 1.165) is 17.3 Å². The summed E-state index contributed by atoms with van der Waals surface area (Å²) in [4.78, 5) is 12.0. The largest absolute Gasteiger partial charge is 0.492 e. The van der Waals surface area contributed by atoms with Gasteiger partial charge in [-0.3, -0.25) is 0 Å². The molecule has 0 spiro atoms. The Bertz CT molecular complexity index is 705. The highest BCUT2D eigenvalue weighted by Gasteiger charge is 2.20. The van der Waals surface area contributed by atoms with Gasteiger partial charge in [0, 0.05) is 6.54 Å². The van der Waals surface area contributed by atoms with E-state index >= 15 is 0 Å². The second-order valence-corrected chi connectivity index (χ2v) is 5.38. The van der Waals surface area contributed by atoms with Crippen LogP contribution in [0.15, 0.2) is 76.0 Å². The Morgan fingerprint density at radius 2 is 1.60 bits per heavy atom. The molecule has 2 heterocycles. The maximum absolute atomic E-state index is 12.0. The van der Waals surface area contributed by atoms with Crippen molar-refractivity contribution in [2.75, 3.05) is 19.7 Å². The molecule has 2 aromatic heterocycles. The van der Waals surface area contributed by atoms with E-state index in [0.29, 0.717) is 19.7 Å². The van der Waals surface area contributed by atoms with Crippen molar-refractivity contribution >= 4 is 6.03 Å². The first kappa shape index (κ1) is 16.7. The van der Waals surface area contributed by atoms with Crippen molar-refractivity contribution in [1.82, 2.24) is 10.6 Å². The fourth-order valence-electron chi connectivity index (χ4n) is 2.43. The maximum Gasteiger partial charge on any atom is 0.314 e. The number of furan rings is 2. The molecule has 0 radical (unpaired) electrons. The lowest BCUT2D eigenvalue weighted by Gasteiger charge is -2.14. The van der Waals surface area contributed by atoms with Crippen LogP contribution in [0.1, 0.15) is 17.4 Å². The topological polar surface area (TPSA) is 76.6 Å². The smallest absolute Gasteiger partial charge is 0.314 e. The summed E-state index contributed by atoms with van der Waals surface area (Å²) in [5.41, 5.74) is 0.